The Bertz CT molecular complexity index is 1280. The predicted molar refractivity (Wildman–Crippen MR) is 146 cm³/mol. The number of anilines is 2. The summed E-state index contributed by atoms with van der Waals surface area (Å²) in [6.45, 7) is 5.81. The SMILES string of the molecule is CCOC(=O)c1c(NC(=O)C(C)Sc2cccc(NC(=O)c3ccccc3C)c2)sc2c1CCCC2. The van der Waals surface area contributed by atoms with E-state index in [4.69, 9.17) is 4.74 Å². The summed E-state index contributed by atoms with van der Waals surface area (Å²) >= 11 is 2.88. The zero-order valence-corrected chi connectivity index (χ0v) is 22.3. The van der Waals surface area contributed by atoms with Gasteiger partial charge in [-0.3, -0.25) is 9.59 Å². The van der Waals surface area contributed by atoms with E-state index in [2.05, 4.69) is 10.6 Å². The van der Waals surface area contributed by atoms with Gasteiger partial charge in [0.1, 0.15) is 5.00 Å². The van der Waals surface area contributed by atoms with E-state index >= 15 is 0 Å². The molecule has 0 saturated carbocycles. The summed E-state index contributed by atoms with van der Waals surface area (Å²) in [7, 11) is 0. The molecule has 1 atom stereocenters. The van der Waals surface area contributed by atoms with Crippen LogP contribution in [-0.4, -0.2) is 29.6 Å². The molecule has 0 spiro atoms. The first-order valence-corrected chi connectivity index (χ1v) is 13.8. The van der Waals surface area contributed by atoms with Crippen LogP contribution in [0.5, 0.6) is 0 Å². The molecule has 2 N–H and O–H groups in total. The highest BCUT2D eigenvalue weighted by molar-refractivity contribution is 8.00. The highest BCUT2D eigenvalue weighted by atomic mass is 32.2. The average Bonchev–Trinajstić information content (AvgIpc) is 3.22. The second kappa shape index (κ2) is 11.8. The Kier molecular flexibility index (Phi) is 8.48. The third kappa shape index (κ3) is 5.99. The lowest BCUT2D eigenvalue weighted by Crippen LogP contribution is -2.23. The normalized spacial score (nSPS) is 13.4. The maximum absolute atomic E-state index is 13.1. The molecule has 0 aliphatic heterocycles. The van der Waals surface area contributed by atoms with E-state index in [0.29, 0.717) is 28.4 Å². The molecule has 0 fully saturated rings. The van der Waals surface area contributed by atoms with Gasteiger partial charge in [-0.25, -0.2) is 4.79 Å². The van der Waals surface area contributed by atoms with E-state index < -0.39 is 5.25 Å². The minimum absolute atomic E-state index is 0.172. The van der Waals surface area contributed by atoms with E-state index in [-0.39, 0.29) is 17.8 Å². The number of fused-ring (bicyclic) bond motifs is 1. The molecule has 0 saturated heterocycles. The van der Waals surface area contributed by atoms with Gasteiger partial charge in [0.15, 0.2) is 0 Å². The third-order valence-electron chi connectivity index (χ3n) is 6.05. The fourth-order valence-electron chi connectivity index (χ4n) is 4.22. The number of carbonyl (C=O) groups excluding carboxylic acids is 3. The van der Waals surface area contributed by atoms with Crippen LogP contribution in [0.2, 0.25) is 0 Å². The van der Waals surface area contributed by atoms with Crippen molar-refractivity contribution >= 4 is 51.6 Å². The number of esters is 1. The Labute approximate surface area is 219 Å². The first kappa shape index (κ1) is 26.0. The van der Waals surface area contributed by atoms with Crippen LogP contribution in [-0.2, 0) is 22.4 Å². The van der Waals surface area contributed by atoms with Gasteiger partial charge in [0.2, 0.25) is 5.91 Å². The maximum Gasteiger partial charge on any atom is 0.341 e. The summed E-state index contributed by atoms with van der Waals surface area (Å²) in [6.07, 6.45) is 3.88. The quantitative estimate of drug-likeness (QED) is 0.261. The van der Waals surface area contributed by atoms with Crippen molar-refractivity contribution in [3.05, 3.63) is 75.7 Å². The standard InChI is InChI=1S/C28H30N2O4S2/c1-4-34-28(33)24-22-14-7-8-15-23(22)36-27(24)30-25(31)18(3)35-20-12-9-11-19(16-20)29-26(32)21-13-6-5-10-17(21)2/h5-6,9-13,16,18H,4,7-8,14-15H2,1-3H3,(H,29,32)(H,30,31). The molecule has 6 nitrogen and oxygen atoms in total. The van der Waals surface area contributed by atoms with E-state index in [9.17, 15) is 14.4 Å². The average molecular weight is 523 g/mol. The summed E-state index contributed by atoms with van der Waals surface area (Å²) < 4.78 is 5.29. The molecule has 0 radical (unpaired) electrons. The predicted octanol–water partition coefficient (Wildman–Crippen LogP) is 6.48. The molecule has 4 rings (SSSR count). The number of benzene rings is 2. The van der Waals surface area contributed by atoms with Crippen molar-refractivity contribution in [3.63, 3.8) is 0 Å². The fourth-order valence-corrected chi connectivity index (χ4v) is 6.42. The number of amides is 2. The molecule has 1 aliphatic rings. The number of thiophene rings is 1. The van der Waals surface area contributed by atoms with Gasteiger partial charge in [-0.2, -0.15) is 0 Å². The smallest absolute Gasteiger partial charge is 0.341 e. The summed E-state index contributed by atoms with van der Waals surface area (Å²) in [6, 6.07) is 14.9. The first-order valence-electron chi connectivity index (χ1n) is 12.1. The zero-order valence-electron chi connectivity index (χ0n) is 20.7. The Morgan fingerprint density at radius 3 is 2.61 bits per heavy atom. The number of rotatable bonds is 8. The van der Waals surface area contributed by atoms with Gasteiger partial charge in [-0.1, -0.05) is 24.3 Å². The minimum atomic E-state index is -0.415. The number of aryl methyl sites for hydroxylation is 2. The van der Waals surface area contributed by atoms with Crippen molar-refractivity contribution in [1.29, 1.82) is 0 Å². The van der Waals surface area contributed by atoms with Gasteiger partial charge >= 0.3 is 5.97 Å². The van der Waals surface area contributed by atoms with E-state index in [1.807, 2.05) is 56.3 Å². The van der Waals surface area contributed by atoms with Gasteiger partial charge in [-0.15, -0.1) is 23.1 Å². The number of hydrogen-bond acceptors (Lipinski definition) is 6. The van der Waals surface area contributed by atoms with Gasteiger partial charge in [0.25, 0.3) is 5.91 Å². The van der Waals surface area contributed by atoms with Crippen molar-refractivity contribution in [3.8, 4) is 0 Å². The van der Waals surface area contributed by atoms with Crippen molar-refractivity contribution in [2.45, 2.75) is 56.6 Å². The van der Waals surface area contributed by atoms with Crippen LogP contribution < -0.4 is 10.6 Å². The Balaban J connectivity index is 1.44. The molecule has 1 unspecified atom stereocenters. The molecule has 188 valence electrons. The molecule has 36 heavy (non-hydrogen) atoms. The van der Waals surface area contributed by atoms with Crippen molar-refractivity contribution < 1.29 is 19.1 Å². The largest absolute Gasteiger partial charge is 0.462 e. The molecular formula is C28H30N2O4S2. The van der Waals surface area contributed by atoms with Crippen molar-refractivity contribution in [2.24, 2.45) is 0 Å². The number of carbonyl (C=O) groups is 3. The first-order chi connectivity index (χ1) is 17.4. The van der Waals surface area contributed by atoms with Crippen LogP contribution in [0, 0.1) is 6.92 Å². The molecular weight excluding hydrogens is 492 g/mol. The Hall–Kier alpha value is -3.10. The summed E-state index contributed by atoms with van der Waals surface area (Å²) in [5.74, 6) is -0.725. The van der Waals surface area contributed by atoms with Crippen molar-refractivity contribution in [2.75, 3.05) is 17.2 Å². The van der Waals surface area contributed by atoms with Gasteiger partial charge < -0.3 is 15.4 Å². The van der Waals surface area contributed by atoms with Gasteiger partial charge in [0.05, 0.1) is 17.4 Å². The monoisotopic (exact) mass is 522 g/mol. The highest BCUT2D eigenvalue weighted by Gasteiger charge is 2.28. The second-order valence-corrected chi connectivity index (χ2v) is 11.2. The molecule has 1 heterocycles. The number of thioether (sulfide) groups is 1. The van der Waals surface area contributed by atoms with Crippen LogP contribution in [0.1, 0.15) is 63.4 Å². The summed E-state index contributed by atoms with van der Waals surface area (Å²) in [5, 5.41) is 6.09. The molecule has 2 aromatic carbocycles. The molecule has 1 aliphatic carbocycles. The highest BCUT2D eigenvalue weighted by Crippen LogP contribution is 2.39. The van der Waals surface area contributed by atoms with Crippen LogP contribution in [0.4, 0.5) is 10.7 Å². The van der Waals surface area contributed by atoms with Crippen LogP contribution in [0.25, 0.3) is 0 Å². The molecule has 8 heteroatoms. The maximum atomic E-state index is 13.1. The van der Waals surface area contributed by atoms with Gasteiger partial charge in [-0.05, 0) is 81.8 Å². The minimum Gasteiger partial charge on any atom is -0.462 e. The molecule has 3 aromatic rings. The fraction of sp³-hybridized carbons (Fsp3) is 0.321. The van der Waals surface area contributed by atoms with E-state index in [1.165, 1.54) is 23.1 Å². The molecule has 2 amide bonds. The third-order valence-corrected chi connectivity index (χ3v) is 8.35. The summed E-state index contributed by atoms with van der Waals surface area (Å²) in [4.78, 5) is 40.5. The summed E-state index contributed by atoms with van der Waals surface area (Å²) in [5.41, 5.74) is 3.74. The van der Waals surface area contributed by atoms with E-state index in [0.717, 1.165) is 46.6 Å². The molecule has 1 aromatic heterocycles. The number of nitrogens with one attached hydrogen (secondary N) is 2. The zero-order chi connectivity index (χ0) is 25.7. The van der Waals surface area contributed by atoms with Crippen LogP contribution >= 0.6 is 23.1 Å². The lowest BCUT2D eigenvalue weighted by Gasteiger charge is -2.14. The number of ether oxygens (including phenoxy) is 1. The molecule has 0 bridgehead atoms. The topological polar surface area (TPSA) is 84.5 Å². The lowest BCUT2D eigenvalue weighted by atomic mass is 9.95. The van der Waals surface area contributed by atoms with Crippen molar-refractivity contribution in [1.82, 2.24) is 0 Å². The lowest BCUT2D eigenvalue weighted by molar-refractivity contribution is -0.115. The second-order valence-electron chi connectivity index (χ2n) is 8.68. The Morgan fingerprint density at radius 1 is 1.06 bits per heavy atom. The van der Waals surface area contributed by atoms with E-state index in [1.54, 1.807) is 13.0 Å². The Morgan fingerprint density at radius 2 is 1.83 bits per heavy atom. The van der Waals surface area contributed by atoms with Gasteiger partial charge in [0, 0.05) is 21.0 Å². The number of hydrogen-bond donors (Lipinski definition) is 2. The van der Waals surface area contributed by atoms with Crippen LogP contribution in [0.3, 0.4) is 0 Å². The van der Waals surface area contributed by atoms with Crippen LogP contribution in [0.15, 0.2) is 53.4 Å².